The number of hydrogen-bond acceptors (Lipinski definition) is 4. The van der Waals surface area contributed by atoms with Gasteiger partial charge in [0.2, 0.25) is 0 Å². The van der Waals surface area contributed by atoms with Gasteiger partial charge in [0, 0.05) is 28.0 Å². The predicted molar refractivity (Wildman–Crippen MR) is 125 cm³/mol. The van der Waals surface area contributed by atoms with Gasteiger partial charge in [-0.1, -0.05) is 18.2 Å². The van der Waals surface area contributed by atoms with E-state index in [0.29, 0.717) is 41.0 Å². The molecule has 164 valence electrons. The molecule has 0 aliphatic carbocycles. The van der Waals surface area contributed by atoms with Crippen LogP contribution >= 0.6 is 11.8 Å². The van der Waals surface area contributed by atoms with Crippen LogP contribution in [-0.2, 0) is 6.42 Å². The lowest BCUT2D eigenvalue weighted by molar-refractivity contribution is 0.0930. The molecule has 0 aromatic heterocycles. The number of hydrogen-bond donors (Lipinski definition) is 1. The summed E-state index contributed by atoms with van der Waals surface area (Å²) >= 11 is 1.53. The third kappa shape index (κ3) is 4.41. The van der Waals surface area contributed by atoms with Gasteiger partial charge in [-0.3, -0.25) is 9.59 Å². The Balaban J connectivity index is 1.56. The third-order valence-corrected chi connectivity index (χ3v) is 6.34. The number of ether oxygens (including phenoxy) is 1. The number of carbonyl (C=O) groups excluding carboxylic acids is 2. The normalized spacial score (nSPS) is 14.6. The topological polar surface area (TPSA) is 55.4 Å². The Morgan fingerprint density at radius 3 is 2.66 bits per heavy atom. The van der Waals surface area contributed by atoms with Crippen molar-refractivity contribution in [3.8, 4) is 16.9 Å². The highest BCUT2D eigenvalue weighted by molar-refractivity contribution is 7.98. The molecule has 0 saturated heterocycles. The maximum atomic E-state index is 14.7. The Hall–Kier alpha value is -3.12. The fourth-order valence-electron chi connectivity index (χ4n) is 3.99. The Morgan fingerprint density at radius 2 is 1.91 bits per heavy atom. The maximum absolute atomic E-state index is 14.7. The molecule has 4 nitrogen and oxygen atoms in total. The molecule has 1 heterocycles. The second kappa shape index (κ2) is 9.17. The molecule has 0 radical (unpaired) electrons. The molecule has 0 saturated carbocycles. The summed E-state index contributed by atoms with van der Waals surface area (Å²) < 4.78 is 20.9. The lowest BCUT2D eigenvalue weighted by Crippen LogP contribution is -2.34. The minimum absolute atomic E-state index is 0.123. The van der Waals surface area contributed by atoms with Crippen LogP contribution in [0.15, 0.2) is 59.5 Å². The van der Waals surface area contributed by atoms with Gasteiger partial charge in [-0.2, -0.15) is 0 Å². The lowest BCUT2D eigenvalue weighted by atomic mass is 9.95. The van der Waals surface area contributed by atoms with E-state index < -0.39 is 5.82 Å². The van der Waals surface area contributed by atoms with E-state index in [1.54, 1.807) is 12.1 Å². The number of Topliss-reactive ketones (excluding diaryl/α,β-unsaturated/α-hetero) is 1. The molecule has 32 heavy (non-hydrogen) atoms. The van der Waals surface area contributed by atoms with Crippen LogP contribution in [-0.4, -0.2) is 30.6 Å². The molecule has 0 spiro atoms. The number of thioether (sulfide) groups is 1. The standard InChI is InChI=1S/C26H24FNO3S/c1-15-10-18-12-19(14-28-26(30)20-6-4-5-7-24(20)32-3)31-25(18)22(11-15)21-13-17(16(2)29)8-9-23(21)27/h4-11,13,19H,12,14H2,1-3H3,(H,28,30)/t19-/m0/s1. The summed E-state index contributed by atoms with van der Waals surface area (Å²) in [6.45, 7) is 3.75. The van der Waals surface area contributed by atoms with Crippen molar-refractivity contribution in [1.29, 1.82) is 0 Å². The molecule has 1 amide bonds. The lowest BCUT2D eigenvalue weighted by Gasteiger charge is -2.15. The fraction of sp³-hybridized carbons (Fsp3) is 0.231. The second-order valence-corrected chi connectivity index (χ2v) is 8.75. The molecular weight excluding hydrogens is 425 g/mol. The van der Waals surface area contributed by atoms with Crippen molar-refractivity contribution in [2.24, 2.45) is 0 Å². The van der Waals surface area contributed by atoms with E-state index in [2.05, 4.69) is 5.32 Å². The first-order valence-electron chi connectivity index (χ1n) is 10.4. The molecule has 1 aliphatic rings. The molecule has 0 fully saturated rings. The van der Waals surface area contributed by atoms with Crippen molar-refractivity contribution in [3.05, 3.63) is 82.7 Å². The summed E-state index contributed by atoms with van der Waals surface area (Å²) in [6.07, 6.45) is 2.30. The minimum atomic E-state index is -0.406. The second-order valence-electron chi connectivity index (χ2n) is 7.91. The molecule has 1 N–H and O–H groups in total. The van der Waals surface area contributed by atoms with Crippen molar-refractivity contribution in [2.45, 2.75) is 31.3 Å². The minimum Gasteiger partial charge on any atom is -0.487 e. The van der Waals surface area contributed by atoms with Crippen LogP contribution in [0.4, 0.5) is 4.39 Å². The third-order valence-electron chi connectivity index (χ3n) is 5.55. The van der Waals surface area contributed by atoms with Crippen molar-refractivity contribution in [3.63, 3.8) is 0 Å². The zero-order valence-corrected chi connectivity index (χ0v) is 19.0. The molecule has 3 aromatic carbocycles. The van der Waals surface area contributed by atoms with E-state index >= 15 is 0 Å². The number of carbonyl (C=O) groups is 2. The molecule has 1 aliphatic heterocycles. The average molecular weight is 450 g/mol. The number of benzene rings is 3. The highest BCUT2D eigenvalue weighted by Crippen LogP contribution is 2.41. The van der Waals surface area contributed by atoms with Crippen molar-refractivity contribution in [2.75, 3.05) is 12.8 Å². The fourth-order valence-corrected chi connectivity index (χ4v) is 4.59. The van der Waals surface area contributed by atoms with E-state index in [1.807, 2.05) is 43.5 Å². The summed E-state index contributed by atoms with van der Waals surface area (Å²) in [5.74, 6) is -0.0653. The van der Waals surface area contributed by atoms with Crippen LogP contribution in [0, 0.1) is 12.7 Å². The first-order chi connectivity index (χ1) is 15.4. The van der Waals surface area contributed by atoms with Gasteiger partial charge in [-0.05, 0) is 67.6 Å². The Bertz CT molecular complexity index is 1210. The number of nitrogens with one attached hydrogen (secondary N) is 1. The highest BCUT2D eigenvalue weighted by atomic mass is 32.2. The molecule has 1 atom stereocenters. The van der Waals surface area contributed by atoms with Crippen LogP contribution in [0.3, 0.4) is 0 Å². The van der Waals surface area contributed by atoms with Crippen molar-refractivity contribution in [1.82, 2.24) is 5.32 Å². The molecule has 0 unspecified atom stereocenters. The van der Waals surface area contributed by atoms with Crippen molar-refractivity contribution < 1.29 is 18.7 Å². The van der Waals surface area contributed by atoms with Crippen LogP contribution in [0.25, 0.3) is 11.1 Å². The largest absolute Gasteiger partial charge is 0.487 e. The van der Waals surface area contributed by atoms with E-state index in [1.165, 1.54) is 30.8 Å². The average Bonchev–Trinajstić information content (AvgIpc) is 3.19. The van der Waals surface area contributed by atoms with Gasteiger partial charge < -0.3 is 10.1 Å². The zero-order valence-electron chi connectivity index (χ0n) is 18.2. The number of halogens is 1. The number of aryl methyl sites for hydroxylation is 1. The number of ketones is 1. The van der Waals surface area contributed by atoms with Gasteiger partial charge in [0.25, 0.3) is 5.91 Å². The van der Waals surface area contributed by atoms with Crippen molar-refractivity contribution >= 4 is 23.5 Å². The van der Waals surface area contributed by atoms with Gasteiger partial charge in [-0.15, -0.1) is 11.8 Å². The number of amides is 1. The van der Waals surface area contributed by atoms with Crippen LogP contribution in [0.5, 0.6) is 5.75 Å². The van der Waals surface area contributed by atoms with Crippen LogP contribution in [0.1, 0.15) is 38.8 Å². The summed E-state index contributed by atoms with van der Waals surface area (Å²) in [5.41, 5.74) is 4.00. The Kier molecular flexibility index (Phi) is 6.33. The summed E-state index contributed by atoms with van der Waals surface area (Å²) in [5, 5.41) is 2.96. The predicted octanol–water partition coefficient (Wildman–Crippen LogP) is 5.46. The first-order valence-corrected chi connectivity index (χ1v) is 11.6. The number of rotatable bonds is 6. The molecule has 0 bridgehead atoms. The summed E-state index contributed by atoms with van der Waals surface area (Å²) in [4.78, 5) is 25.4. The van der Waals surface area contributed by atoms with E-state index in [-0.39, 0.29) is 17.8 Å². The summed E-state index contributed by atoms with van der Waals surface area (Å²) in [6, 6.07) is 15.7. The van der Waals surface area contributed by atoms with E-state index in [9.17, 15) is 14.0 Å². The first kappa shape index (κ1) is 22.1. The summed E-state index contributed by atoms with van der Waals surface area (Å²) in [7, 11) is 0. The molecular formula is C26H24FNO3S. The SMILES string of the molecule is CSc1ccccc1C(=O)NC[C@@H]1Cc2cc(C)cc(-c3cc(C(C)=O)ccc3F)c2O1. The Labute approximate surface area is 191 Å². The highest BCUT2D eigenvalue weighted by Gasteiger charge is 2.28. The maximum Gasteiger partial charge on any atom is 0.252 e. The molecule has 3 aromatic rings. The number of fused-ring (bicyclic) bond motifs is 1. The van der Waals surface area contributed by atoms with Crippen LogP contribution in [0.2, 0.25) is 0 Å². The quantitative estimate of drug-likeness (QED) is 0.401. The van der Waals surface area contributed by atoms with Gasteiger partial charge >= 0.3 is 0 Å². The monoisotopic (exact) mass is 449 g/mol. The van der Waals surface area contributed by atoms with Gasteiger partial charge in [0.1, 0.15) is 17.7 Å². The van der Waals surface area contributed by atoms with Gasteiger partial charge in [0.15, 0.2) is 5.78 Å². The van der Waals surface area contributed by atoms with E-state index in [4.69, 9.17) is 4.74 Å². The smallest absolute Gasteiger partial charge is 0.252 e. The molecule has 4 rings (SSSR count). The van der Waals surface area contributed by atoms with Gasteiger partial charge in [-0.25, -0.2) is 4.39 Å². The Morgan fingerprint density at radius 1 is 1.12 bits per heavy atom. The molecule has 6 heteroatoms. The van der Waals surface area contributed by atoms with E-state index in [0.717, 1.165) is 16.0 Å². The van der Waals surface area contributed by atoms with Crippen LogP contribution < -0.4 is 10.1 Å². The van der Waals surface area contributed by atoms with Gasteiger partial charge in [0.05, 0.1) is 12.1 Å². The zero-order chi connectivity index (χ0) is 22.8.